The monoisotopic (exact) mass is 329 g/mol. The highest BCUT2D eigenvalue weighted by molar-refractivity contribution is 7.92. The fraction of sp³-hybridized carbons (Fsp3) is 0.167. The topological polar surface area (TPSA) is 112 Å². The van der Waals surface area contributed by atoms with Crippen molar-refractivity contribution in [3.05, 3.63) is 40.5 Å². The number of hydrogen-bond donors (Lipinski definition) is 3. The van der Waals surface area contributed by atoms with Crippen molar-refractivity contribution in [1.29, 1.82) is 0 Å². The van der Waals surface area contributed by atoms with E-state index in [1.807, 2.05) is 6.92 Å². The molecule has 0 fully saturated rings. The number of H-pyrrole nitrogens is 1. The average molecular weight is 330 g/mol. The SMILES string of the molecule is CCc1cc(NS(=O)(=O)c2cc(C(=O)O)ccc2Cl)n[nH]1. The second kappa shape index (κ2) is 5.74. The maximum absolute atomic E-state index is 12.3. The zero-order chi connectivity index (χ0) is 15.6. The standard InChI is InChI=1S/C12H12ClN3O4S/c1-2-8-6-11(15-14-8)16-21(19,20)10-5-7(12(17)18)3-4-9(10)13/h3-6H,2H2,1H3,(H,17,18)(H2,14,15,16). The number of carbonyl (C=O) groups is 1. The minimum Gasteiger partial charge on any atom is -0.478 e. The van der Waals surface area contributed by atoms with E-state index in [1.165, 1.54) is 12.1 Å². The third-order valence-electron chi connectivity index (χ3n) is 2.72. The van der Waals surface area contributed by atoms with Crippen molar-refractivity contribution >= 4 is 33.4 Å². The van der Waals surface area contributed by atoms with Crippen LogP contribution in [0.3, 0.4) is 0 Å². The van der Waals surface area contributed by atoms with Gasteiger partial charge >= 0.3 is 5.97 Å². The molecule has 9 heteroatoms. The van der Waals surface area contributed by atoms with Crippen LogP contribution in [0.15, 0.2) is 29.2 Å². The number of anilines is 1. The number of benzene rings is 1. The van der Waals surface area contributed by atoms with Crippen LogP contribution in [-0.2, 0) is 16.4 Å². The molecular weight excluding hydrogens is 318 g/mol. The molecule has 112 valence electrons. The normalized spacial score (nSPS) is 11.3. The highest BCUT2D eigenvalue weighted by Crippen LogP contribution is 2.24. The van der Waals surface area contributed by atoms with Gasteiger partial charge in [-0.15, -0.1) is 0 Å². The molecule has 0 bridgehead atoms. The molecule has 0 radical (unpaired) electrons. The molecule has 3 N–H and O–H groups in total. The number of carboxylic acid groups (broad SMARTS) is 1. The molecule has 0 amide bonds. The molecule has 0 unspecified atom stereocenters. The molecule has 21 heavy (non-hydrogen) atoms. The Morgan fingerprint density at radius 2 is 2.14 bits per heavy atom. The van der Waals surface area contributed by atoms with Crippen LogP contribution in [0.2, 0.25) is 5.02 Å². The Morgan fingerprint density at radius 3 is 2.71 bits per heavy atom. The van der Waals surface area contributed by atoms with Gasteiger partial charge in [-0.2, -0.15) is 5.10 Å². The summed E-state index contributed by atoms with van der Waals surface area (Å²) in [7, 11) is -4.02. The van der Waals surface area contributed by atoms with Crippen molar-refractivity contribution < 1.29 is 18.3 Å². The maximum Gasteiger partial charge on any atom is 0.335 e. The summed E-state index contributed by atoms with van der Waals surface area (Å²) in [6.45, 7) is 1.89. The predicted octanol–water partition coefficient (Wildman–Crippen LogP) is 2.12. The molecule has 0 saturated heterocycles. The van der Waals surface area contributed by atoms with Gasteiger partial charge < -0.3 is 5.11 Å². The highest BCUT2D eigenvalue weighted by atomic mass is 35.5. The van der Waals surface area contributed by atoms with Gasteiger partial charge in [-0.1, -0.05) is 18.5 Å². The van der Waals surface area contributed by atoms with Crippen LogP contribution >= 0.6 is 11.6 Å². The Balaban J connectivity index is 2.39. The smallest absolute Gasteiger partial charge is 0.335 e. The van der Waals surface area contributed by atoms with E-state index < -0.39 is 16.0 Å². The predicted molar refractivity (Wildman–Crippen MR) is 77.2 cm³/mol. The lowest BCUT2D eigenvalue weighted by Gasteiger charge is -2.08. The van der Waals surface area contributed by atoms with Crippen molar-refractivity contribution in [2.24, 2.45) is 0 Å². The molecule has 7 nitrogen and oxygen atoms in total. The molecule has 1 heterocycles. The third-order valence-corrected chi connectivity index (χ3v) is 4.55. The molecule has 1 aromatic carbocycles. The maximum atomic E-state index is 12.3. The van der Waals surface area contributed by atoms with Gasteiger partial charge in [-0.25, -0.2) is 13.2 Å². The fourth-order valence-electron chi connectivity index (χ4n) is 1.63. The number of nitrogens with one attached hydrogen (secondary N) is 2. The Bertz CT molecular complexity index is 786. The zero-order valence-corrected chi connectivity index (χ0v) is 12.5. The van der Waals surface area contributed by atoms with Gasteiger partial charge in [0.1, 0.15) is 4.90 Å². The summed E-state index contributed by atoms with van der Waals surface area (Å²) in [6.07, 6.45) is 0.671. The van der Waals surface area contributed by atoms with Gasteiger partial charge in [-0.3, -0.25) is 9.82 Å². The van der Waals surface area contributed by atoms with Crippen molar-refractivity contribution in [2.45, 2.75) is 18.2 Å². The number of carboxylic acids is 1. The number of aromatic nitrogens is 2. The summed E-state index contributed by atoms with van der Waals surface area (Å²) in [5.41, 5.74) is 0.592. The molecule has 1 aromatic heterocycles. The second-order valence-corrected chi connectivity index (χ2v) is 6.25. The summed E-state index contributed by atoms with van der Waals surface area (Å²) in [5.74, 6) is -1.13. The number of aromatic carboxylic acids is 1. The highest BCUT2D eigenvalue weighted by Gasteiger charge is 2.21. The van der Waals surface area contributed by atoms with Gasteiger partial charge in [0, 0.05) is 11.8 Å². The van der Waals surface area contributed by atoms with E-state index in [1.54, 1.807) is 6.07 Å². The van der Waals surface area contributed by atoms with Gasteiger partial charge in [0.15, 0.2) is 5.82 Å². The lowest BCUT2D eigenvalue weighted by Crippen LogP contribution is -2.14. The van der Waals surface area contributed by atoms with Gasteiger partial charge in [0.05, 0.1) is 10.6 Å². The lowest BCUT2D eigenvalue weighted by atomic mass is 10.2. The van der Waals surface area contributed by atoms with Crippen LogP contribution in [0.4, 0.5) is 5.82 Å². The summed E-state index contributed by atoms with van der Waals surface area (Å²) in [5, 5.41) is 15.3. The van der Waals surface area contributed by atoms with E-state index in [0.29, 0.717) is 6.42 Å². The lowest BCUT2D eigenvalue weighted by molar-refractivity contribution is 0.0696. The van der Waals surface area contributed by atoms with Crippen molar-refractivity contribution in [3.8, 4) is 0 Å². The first kappa shape index (κ1) is 15.3. The first-order valence-electron chi connectivity index (χ1n) is 5.93. The molecule has 2 rings (SSSR count). The minimum absolute atomic E-state index is 0.0706. The van der Waals surface area contributed by atoms with Crippen molar-refractivity contribution in [3.63, 3.8) is 0 Å². The van der Waals surface area contributed by atoms with Gasteiger partial charge in [0.2, 0.25) is 0 Å². The molecule has 0 saturated carbocycles. The molecule has 0 atom stereocenters. The zero-order valence-electron chi connectivity index (χ0n) is 10.9. The van der Waals surface area contributed by atoms with E-state index in [4.69, 9.17) is 16.7 Å². The van der Waals surface area contributed by atoms with Crippen molar-refractivity contribution in [1.82, 2.24) is 10.2 Å². The van der Waals surface area contributed by atoms with Crippen LogP contribution in [0, 0.1) is 0 Å². The van der Waals surface area contributed by atoms with Crippen LogP contribution in [0.25, 0.3) is 0 Å². The molecule has 0 aliphatic carbocycles. The molecule has 0 aliphatic heterocycles. The average Bonchev–Trinajstić information content (AvgIpc) is 2.85. The minimum atomic E-state index is -4.02. The number of aryl methyl sites for hydroxylation is 1. The van der Waals surface area contributed by atoms with E-state index in [9.17, 15) is 13.2 Å². The van der Waals surface area contributed by atoms with Crippen LogP contribution in [0.5, 0.6) is 0 Å². The Labute approximate surface area is 126 Å². The third kappa shape index (κ3) is 3.34. The summed E-state index contributed by atoms with van der Waals surface area (Å²) < 4.78 is 26.8. The van der Waals surface area contributed by atoms with Crippen LogP contribution in [-0.4, -0.2) is 29.7 Å². The van der Waals surface area contributed by atoms with Crippen molar-refractivity contribution in [2.75, 3.05) is 4.72 Å². The number of rotatable bonds is 5. The number of sulfonamides is 1. The molecule has 0 aliphatic rings. The first-order valence-corrected chi connectivity index (χ1v) is 7.79. The molecule has 0 spiro atoms. The van der Waals surface area contributed by atoms with E-state index in [2.05, 4.69) is 14.9 Å². The quantitative estimate of drug-likeness (QED) is 0.777. The molecular formula is C12H12ClN3O4S. The molecule has 2 aromatic rings. The number of aromatic amines is 1. The van der Waals surface area contributed by atoms with Gasteiger partial charge in [0.25, 0.3) is 10.0 Å². The first-order chi connectivity index (χ1) is 9.83. The summed E-state index contributed by atoms with van der Waals surface area (Å²) in [4.78, 5) is 10.6. The second-order valence-electron chi connectivity index (χ2n) is 4.19. The van der Waals surface area contributed by atoms with E-state index >= 15 is 0 Å². The number of hydrogen-bond acceptors (Lipinski definition) is 4. The Hall–Kier alpha value is -2.06. The number of halogens is 1. The fourth-order valence-corrected chi connectivity index (χ4v) is 3.15. The van der Waals surface area contributed by atoms with Crippen LogP contribution in [0.1, 0.15) is 23.0 Å². The Morgan fingerprint density at radius 1 is 1.43 bits per heavy atom. The summed E-state index contributed by atoms with van der Waals surface area (Å²) in [6, 6.07) is 5.00. The van der Waals surface area contributed by atoms with Gasteiger partial charge in [-0.05, 0) is 24.6 Å². The Kier molecular flexibility index (Phi) is 4.19. The number of nitrogens with zero attached hydrogens (tertiary/aromatic N) is 1. The van der Waals surface area contributed by atoms with E-state index in [-0.39, 0.29) is 21.3 Å². The largest absolute Gasteiger partial charge is 0.478 e. The summed E-state index contributed by atoms with van der Waals surface area (Å²) >= 11 is 5.84. The van der Waals surface area contributed by atoms with E-state index in [0.717, 1.165) is 11.8 Å². The van der Waals surface area contributed by atoms with Crippen LogP contribution < -0.4 is 4.72 Å².